The minimum Gasteiger partial charge on any atom is -0.493 e. The van der Waals surface area contributed by atoms with Crippen molar-refractivity contribution < 1.29 is 27.4 Å². The summed E-state index contributed by atoms with van der Waals surface area (Å²) in [4.78, 5) is 19.0. The number of rotatable bonds is 6. The Morgan fingerprint density at radius 1 is 1.06 bits per heavy atom. The SMILES string of the molecule is COc1ccc(CCC(=O)N2CCC(n3c(C)nc4cc(C(F)(F)F)ccc43)CC2)cc1OC. The van der Waals surface area contributed by atoms with E-state index in [9.17, 15) is 18.0 Å². The molecule has 0 N–H and O–H groups in total. The van der Waals surface area contributed by atoms with Gasteiger partial charge in [-0.05, 0) is 62.1 Å². The minimum atomic E-state index is -4.39. The summed E-state index contributed by atoms with van der Waals surface area (Å²) in [6.07, 6.45) is -1.93. The van der Waals surface area contributed by atoms with E-state index in [1.807, 2.05) is 34.6 Å². The summed E-state index contributed by atoms with van der Waals surface area (Å²) >= 11 is 0. The molecule has 0 saturated carbocycles. The average Bonchev–Trinajstić information content (AvgIpc) is 3.16. The third-order valence-corrected chi connectivity index (χ3v) is 6.45. The Kier molecular flexibility index (Phi) is 6.72. The zero-order chi connectivity index (χ0) is 24.5. The van der Waals surface area contributed by atoms with Gasteiger partial charge in [-0.3, -0.25) is 4.79 Å². The van der Waals surface area contributed by atoms with Gasteiger partial charge in [0.2, 0.25) is 5.91 Å². The van der Waals surface area contributed by atoms with Crippen molar-refractivity contribution in [2.45, 2.75) is 44.8 Å². The highest BCUT2D eigenvalue weighted by molar-refractivity contribution is 5.78. The van der Waals surface area contributed by atoms with Gasteiger partial charge in [0.15, 0.2) is 11.5 Å². The van der Waals surface area contributed by atoms with Crippen molar-refractivity contribution in [3.63, 3.8) is 0 Å². The molecule has 9 heteroatoms. The number of amides is 1. The van der Waals surface area contributed by atoms with Crippen molar-refractivity contribution in [3.8, 4) is 11.5 Å². The Morgan fingerprint density at radius 2 is 1.76 bits per heavy atom. The number of carbonyl (C=O) groups is 1. The second kappa shape index (κ2) is 9.56. The molecule has 1 amide bonds. The predicted molar refractivity (Wildman–Crippen MR) is 122 cm³/mol. The van der Waals surface area contributed by atoms with Gasteiger partial charge >= 0.3 is 6.18 Å². The first-order valence-electron chi connectivity index (χ1n) is 11.3. The summed E-state index contributed by atoms with van der Waals surface area (Å²) in [5.74, 6) is 2.07. The lowest BCUT2D eigenvalue weighted by molar-refractivity contribution is -0.137. The van der Waals surface area contributed by atoms with E-state index < -0.39 is 11.7 Å². The first-order chi connectivity index (χ1) is 16.2. The Balaban J connectivity index is 1.38. The summed E-state index contributed by atoms with van der Waals surface area (Å²) in [5, 5.41) is 0. The Labute approximate surface area is 196 Å². The summed E-state index contributed by atoms with van der Waals surface area (Å²) in [5.41, 5.74) is 1.35. The van der Waals surface area contributed by atoms with Crippen molar-refractivity contribution in [3.05, 3.63) is 53.3 Å². The standard InChI is InChI=1S/C25H28F3N3O3/c1-16-29-20-15-18(25(26,27)28)6-7-21(20)31(16)19-10-12-30(13-11-19)24(32)9-5-17-4-8-22(33-2)23(14-17)34-3/h4,6-8,14-15,19H,5,9-13H2,1-3H3. The van der Waals surface area contributed by atoms with E-state index in [1.165, 1.54) is 6.07 Å². The molecule has 0 spiro atoms. The van der Waals surface area contributed by atoms with E-state index in [4.69, 9.17) is 9.47 Å². The van der Waals surface area contributed by atoms with Crippen LogP contribution in [0.15, 0.2) is 36.4 Å². The first kappa shape index (κ1) is 23.9. The van der Waals surface area contributed by atoms with Gasteiger partial charge in [0.05, 0.1) is 30.8 Å². The van der Waals surface area contributed by atoms with Gasteiger partial charge < -0.3 is 18.9 Å². The van der Waals surface area contributed by atoms with Gasteiger partial charge in [0, 0.05) is 25.6 Å². The van der Waals surface area contributed by atoms with Crippen LogP contribution in [-0.2, 0) is 17.4 Å². The molecule has 0 aliphatic carbocycles. The topological polar surface area (TPSA) is 56.6 Å². The largest absolute Gasteiger partial charge is 0.493 e. The second-order valence-electron chi connectivity index (χ2n) is 8.53. The molecule has 0 unspecified atom stereocenters. The molecule has 1 aromatic heterocycles. The van der Waals surface area contributed by atoms with Crippen LogP contribution in [0.2, 0.25) is 0 Å². The Hall–Kier alpha value is -3.23. The number of halogens is 3. The molecule has 0 radical (unpaired) electrons. The average molecular weight is 476 g/mol. The van der Waals surface area contributed by atoms with E-state index in [0.29, 0.717) is 54.3 Å². The number of nitrogens with zero attached hydrogens (tertiary/aromatic N) is 3. The fourth-order valence-electron chi connectivity index (χ4n) is 4.68. The molecule has 4 rings (SSSR count). The van der Waals surface area contributed by atoms with E-state index in [0.717, 1.165) is 30.5 Å². The Morgan fingerprint density at radius 3 is 2.41 bits per heavy atom. The van der Waals surface area contributed by atoms with Crippen LogP contribution in [0.5, 0.6) is 11.5 Å². The van der Waals surface area contributed by atoms with Crippen molar-refractivity contribution >= 4 is 16.9 Å². The normalized spacial score (nSPS) is 15.1. The number of methoxy groups -OCH3 is 2. The van der Waals surface area contributed by atoms with Crippen molar-refractivity contribution in [1.82, 2.24) is 14.5 Å². The van der Waals surface area contributed by atoms with Gasteiger partial charge in [-0.1, -0.05) is 6.07 Å². The molecule has 0 atom stereocenters. The summed E-state index contributed by atoms with van der Waals surface area (Å²) in [7, 11) is 3.16. The highest BCUT2D eigenvalue weighted by Gasteiger charge is 2.32. The molecule has 1 aliphatic rings. The van der Waals surface area contributed by atoms with Crippen LogP contribution in [0.1, 0.15) is 42.3 Å². The monoisotopic (exact) mass is 475 g/mol. The van der Waals surface area contributed by atoms with Crippen molar-refractivity contribution in [1.29, 1.82) is 0 Å². The van der Waals surface area contributed by atoms with Gasteiger partial charge in [-0.2, -0.15) is 13.2 Å². The number of likely N-dealkylation sites (tertiary alicyclic amines) is 1. The predicted octanol–water partition coefficient (Wildman–Crippen LogP) is 5.18. The smallest absolute Gasteiger partial charge is 0.416 e. The Bertz CT molecular complexity index is 1180. The number of aryl methyl sites for hydroxylation is 2. The molecule has 3 aromatic rings. The molecule has 1 saturated heterocycles. The quantitative estimate of drug-likeness (QED) is 0.493. The van der Waals surface area contributed by atoms with Crippen LogP contribution < -0.4 is 9.47 Å². The first-order valence-corrected chi connectivity index (χ1v) is 11.3. The molecule has 6 nitrogen and oxygen atoms in total. The number of alkyl halides is 3. The summed E-state index contributed by atoms with van der Waals surface area (Å²) in [6.45, 7) is 3.03. The fraction of sp³-hybridized carbons (Fsp3) is 0.440. The van der Waals surface area contributed by atoms with Gasteiger partial charge in [0.1, 0.15) is 5.82 Å². The lowest BCUT2D eigenvalue weighted by Crippen LogP contribution is -2.39. The van der Waals surface area contributed by atoms with Gasteiger partial charge in [-0.15, -0.1) is 0 Å². The van der Waals surface area contributed by atoms with Crippen LogP contribution in [0, 0.1) is 6.92 Å². The molecule has 1 fully saturated rings. The van der Waals surface area contributed by atoms with Crippen LogP contribution in [0.4, 0.5) is 13.2 Å². The zero-order valence-corrected chi connectivity index (χ0v) is 19.5. The zero-order valence-electron chi connectivity index (χ0n) is 19.5. The number of carbonyl (C=O) groups excluding carboxylic acids is 1. The maximum absolute atomic E-state index is 13.1. The van der Waals surface area contributed by atoms with Gasteiger partial charge in [-0.25, -0.2) is 4.98 Å². The van der Waals surface area contributed by atoms with E-state index in [2.05, 4.69) is 4.98 Å². The van der Waals surface area contributed by atoms with Crippen LogP contribution in [0.3, 0.4) is 0 Å². The lowest BCUT2D eigenvalue weighted by Gasteiger charge is -2.33. The number of hydrogen-bond donors (Lipinski definition) is 0. The summed E-state index contributed by atoms with van der Waals surface area (Å²) in [6, 6.07) is 9.45. The summed E-state index contributed by atoms with van der Waals surface area (Å²) < 4.78 is 51.8. The minimum absolute atomic E-state index is 0.0928. The number of aromatic nitrogens is 2. The maximum atomic E-state index is 13.1. The van der Waals surface area contributed by atoms with Crippen LogP contribution in [-0.4, -0.2) is 47.7 Å². The van der Waals surface area contributed by atoms with Crippen molar-refractivity contribution in [2.75, 3.05) is 27.3 Å². The highest BCUT2D eigenvalue weighted by Crippen LogP contribution is 2.34. The molecule has 0 bridgehead atoms. The van der Waals surface area contributed by atoms with Gasteiger partial charge in [0.25, 0.3) is 0 Å². The number of ether oxygens (including phenoxy) is 2. The number of imidazole rings is 1. The molecule has 182 valence electrons. The fourth-order valence-corrected chi connectivity index (χ4v) is 4.68. The van der Waals surface area contributed by atoms with E-state index >= 15 is 0 Å². The molecule has 2 heterocycles. The maximum Gasteiger partial charge on any atom is 0.416 e. The molecule has 1 aliphatic heterocycles. The third kappa shape index (κ3) is 4.83. The van der Waals surface area contributed by atoms with Crippen LogP contribution >= 0.6 is 0 Å². The van der Waals surface area contributed by atoms with E-state index in [1.54, 1.807) is 14.2 Å². The second-order valence-corrected chi connectivity index (χ2v) is 8.53. The number of hydrogen-bond acceptors (Lipinski definition) is 4. The molecule has 34 heavy (non-hydrogen) atoms. The molecular formula is C25H28F3N3O3. The molecule has 2 aromatic carbocycles. The number of piperidine rings is 1. The molecular weight excluding hydrogens is 447 g/mol. The lowest BCUT2D eigenvalue weighted by atomic mass is 10.0. The van der Waals surface area contributed by atoms with E-state index in [-0.39, 0.29) is 11.9 Å². The highest BCUT2D eigenvalue weighted by atomic mass is 19.4. The van der Waals surface area contributed by atoms with Crippen LogP contribution in [0.25, 0.3) is 11.0 Å². The van der Waals surface area contributed by atoms with Crippen molar-refractivity contribution in [2.24, 2.45) is 0 Å². The number of fused-ring (bicyclic) bond motifs is 1. The third-order valence-electron chi connectivity index (χ3n) is 6.45. The number of benzene rings is 2.